The Labute approximate surface area is 119 Å². The van der Waals surface area contributed by atoms with E-state index in [2.05, 4.69) is 11.9 Å². The number of primary sulfonamides is 1. The van der Waals surface area contributed by atoms with Crippen molar-refractivity contribution >= 4 is 15.7 Å². The van der Waals surface area contributed by atoms with Gasteiger partial charge in [0.25, 0.3) is 0 Å². The van der Waals surface area contributed by atoms with Gasteiger partial charge in [0.2, 0.25) is 10.0 Å². The quantitative estimate of drug-likeness (QED) is 0.800. The molecule has 1 aromatic carbocycles. The molecule has 1 heterocycles. The number of nitrogens with zero attached hydrogens (tertiary/aromatic N) is 1. The van der Waals surface area contributed by atoms with E-state index < -0.39 is 10.0 Å². The maximum Gasteiger partial charge on any atom is 0.240 e. The molecule has 0 aromatic heterocycles. The summed E-state index contributed by atoms with van der Waals surface area (Å²) in [5, 5.41) is 5.12. The minimum absolute atomic E-state index is 0.0773. The van der Waals surface area contributed by atoms with Gasteiger partial charge < -0.3 is 15.4 Å². The first kappa shape index (κ1) is 15.1. The van der Waals surface area contributed by atoms with Crippen LogP contribution in [0.2, 0.25) is 0 Å². The van der Waals surface area contributed by atoms with Gasteiger partial charge in [-0.15, -0.1) is 0 Å². The fourth-order valence-corrected chi connectivity index (χ4v) is 3.11. The van der Waals surface area contributed by atoms with Crippen LogP contribution in [0.25, 0.3) is 0 Å². The van der Waals surface area contributed by atoms with Crippen molar-refractivity contribution in [2.45, 2.75) is 30.2 Å². The van der Waals surface area contributed by atoms with Gasteiger partial charge in [0.05, 0.1) is 5.69 Å². The number of sulfonamides is 1. The first-order valence-corrected chi connectivity index (χ1v) is 8.18. The van der Waals surface area contributed by atoms with Crippen molar-refractivity contribution in [2.75, 3.05) is 25.9 Å². The van der Waals surface area contributed by atoms with E-state index in [0.29, 0.717) is 18.4 Å². The molecule has 0 radical (unpaired) electrons. The Morgan fingerprint density at radius 1 is 1.40 bits per heavy atom. The number of anilines is 1. The van der Waals surface area contributed by atoms with Gasteiger partial charge in [-0.2, -0.15) is 0 Å². The molecule has 1 fully saturated rings. The lowest BCUT2D eigenvalue weighted by Gasteiger charge is -2.32. The predicted molar refractivity (Wildman–Crippen MR) is 78.0 cm³/mol. The molecule has 0 aliphatic carbocycles. The molecule has 0 amide bonds. The smallest absolute Gasteiger partial charge is 0.240 e. The zero-order valence-electron chi connectivity index (χ0n) is 11.6. The average molecular weight is 299 g/mol. The number of piperidine rings is 1. The molecule has 1 aliphatic rings. The van der Waals surface area contributed by atoms with E-state index in [1.54, 1.807) is 12.1 Å². The minimum atomic E-state index is -3.83. The highest BCUT2D eigenvalue weighted by Gasteiger charge is 2.21. The summed E-state index contributed by atoms with van der Waals surface area (Å²) in [6.45, 7) is 1.55. The van der Waals surface area contributed by atoms with Crippen LogP contribution in [0, 0.1) is 0 Å². The molecule has 0 spiro atoms. The highest BCUT2D eigenvalue weighted by molar-refractivity contribution is 7.89. The molecular weight excluding hydrogens is 278 g/mol. The molecule has 112 valence electrons. The van der Waals surface area contributed by atoms with Crippen molar-refractivity contribution in [3.05, 3.63) is 18.2 Å². The average Bonchev–Trinajstić information content (AvgIpc) is 2.38. The maximum atomic E-state index is 11.4. The zero-order chi connectivity index (χ0) is 14.8. The van der Waals surface area contributed by atoms with E-state index in [9.17, 15) is 8.42 Å². The van der Waals surface area contributed by atoms with E-state index in [1.807, 2.05) is 0 Å². The highest BCUT2D eigenvalue weighted by Crippen LogP contribution is 2.28. The number of likely N-dealkylation sites (N-methyl/N-ethyl adjacent to an activating group) is 1. The van der Waals surface area contributed by atoms with Crippen LogP contribution in [0.5, 0.6) is 5.75 Å². The summed E-state index contributed by atoms with van der Waals surface area (Å²) in [5.74, 6) is 0.371. The summed E-state index contributed by atoms with van der Waals surface area (Å²) in [7, 11) is -1.76. The first-order valence-electron chi connectivity index (χ1n) is 6.64. The lowest BCUT2D eigenvalue weighted by Crippen LogP contribution is -2.40. The maximum absolute atomic E-state index is 11.4. The molecule has 1 aliphatic heterocycles. The Balaban J connectivity index is 2.10. The second-order valence-corrected chi connectivity index (χ2v) is 6.68. The zero-order valence-corrected chi connectivity index (χ0v) is 12.4. The summed E-state index contributed by atoms with van der Waals surface area (Å²) in [5.41, 5.74) is 5.90. The van der Waals surface area contributed by atoms with Crippen LogP contribution in [0.3, 0.4) is 0 Å². The summed E-state index contributed by atoms with van der Waals surface area (Å²) in [6.07, 6.45) is 3.46. The Morgan fingerprint density at radius 3 is 2.80 bits per heavy atom. The number of benzene rings is 1. The van der Waals surface area contributed by atoms with Gasteiger partial charge in [-0.3, -0.25) is 0 Å². The monoisotopic (exact) mass is 299 g/mol. The SMILES string of the molecule is CN1CCCCC1COc1cccc(S(N)(=O)=O)c1N. The van der Waals surface area contributed by atoms with Crippen LogP contribution in [0.4, 0.5) is 5.69 Å². The molecule has 1 unspecified atom stereocenters. The molecule has 1 saturated heterocycles. The van der Waals surface area contributed by atoms with Crippen LogP contribution in [0.15, 0.2) is 23.1 Å². The number of rotatable bonds is 4. The summed E-state index contributed by atoms with van der Waals surface area (Å²) in [4.78, 5) is 2.16. The van der Waals surface area contributed by atoms with Gasteiger partial charge in [-0.25, -0.2) is 13.6 Å². The van der Waals surface area contributed by atoms with Crippen LogP contribution >= 0.6 is 0 Å². The second-order valence-electron chi connectivity index (χ2n) is 5.15. The van der Waals surface area contributed by atoms with Gasteiger partial charge in [0.1, 0.15) is 17.3 Å². The third kappa shape index (κ3) is 3.41. The van der Waals surface area contributed by atoms with Crippen molar-refractivity contribution in [2.24, 2.45) is 5.14 Å². The Morgan fingerprint density at radius 2 is 2.15 bits per heavy atom. The molecule has 7 heteroatoms. The van der Waals surface area contributed by atoms with Crippen molar-refractivity contribution in [1.29, 1.82) is 0 Å². The van der Waals surface area contributed by atoms with Crippen molar-refractivity contribution in [3.8, 4) is 5.75 Å². The number of nitrogen functional groups attached to an aromatic ring is 1. The standard InChI is InChI=1S/C13H21N3O3S/c1-16-8-3-2-5-10(16)9-19-11-6-4-7-12(13(11)14)20(15,17)18/h4,6-7,10H,2-3,5,8-9,14H2,1H3,(H2,15,17,18). The van der Waals surface area contributed by atoms with E-state index >= 15 is 0 Å². The van der Waals surface area contributed by atoms with Crippen LogP contribution in [-0.2, 0) is 10.0 Å². The third-order valence-corrected chi connectivity index (χ3v) is 4.65. The third-order valence-electron chi connectivity index (χ3n) is 3.69. The van der Waals surface area contributed by atoms with Gasteiger partial charge in [0, 0.05) is 6.04 Å². The molecular formula is C13H21N3O3S. The number of para-hydroxylation sites is 1. The normalized spacial score (nSPS) is 20.8. The van der Waals surface area contributed by atoms with E-state index in [1.165, 1.54) is 18.9 Å². The molecule has 1 atom stereocenters. The van der Waals surface area contributed by atoms with Gasteiger partial charge >= 0.3 is 0 Å². The fraction of sp³-hybridized carbons (Fsp3) is 0.538. The summed E-state index contributed by atoms with van der Waals surface area (Å²) < 4.78 is 28.5. The van der Waals surface area contributed by atoms with E-state index in [-0.39, 0.29) is 10.6 Å². The van der Waals surface area contributed by atoms with Crippen molar-refractivity contribution in [3.63, 3.8) is 0 Å². The summed E-state index contributed by atoms with van der Waals surface area (Å²) in [6, 6.07) is 4.95. The van der Waals surface area contributed by atoms with Gasteiger partial charge in [-0.1, -0.05) is 12.5 Å². The fourth-order valence-electron chi connectivity index (χ4n) is 2.44. The number of ether oxygens (including phenoxy) is 1. The van der Waals surface area contributed by atoms with Crippen LogP contribution < -0.4 is 15.6 Å². The minimum Gasteiger partial charge on any atom is -0.490 e. The Bertz CT molecular complexity index is 574. The largest absolute Gasteiger partial charge is 0.490 e. The highest BCUT2D eigenvalue weighted by atomic mass is 32.2. The number of likely N-dealkylation sites (tertiary alicyclic amines) is 1. The van der Waals surface area contributed by atoms with E-state index in [0.717, 1.165) is 13.0 Å². The Kier molecular flexibility index (Phi) is 4.52. The molecule has 1 aromatic rings. The lowest BCUT2D eigenvalue weighted by molar-refractivity contribution is 0.125. The Hall–Kier alpha value is -1.31. The molecule has 20 heavy (non-hydrogen) atoms. The van der Waals surface area contributed by atoms with Gasteiger partial charge in [0.15, 0.2) is 0 Å². The lowest BCUT2D eigenvalue weighted by atomic mass is 10.0. The first-order chi connectivity index (χ1) is 9.39. The molecule has 0 saturated carbocycles. The summed E-state index contributed by atoms with van der Waals surface area (Å²) >= 11 is 0. The number of hydrogen-bond acceptors (Lipinski definition) is 5. The number of hydrogen-bond donors (Lipinski definition) is 2. The molecule has 4 N–H and O–H groups in total. The van der Waals surface area contributed by atoms with Crippen LogP contribution in [0.1, 0.15) is 19.3 Å². The number of nitrogens with two attached hydrogens (primary N) is 2. The van der Waals surface area contributed by atoms with Crippen molar-refractivity contribution < 1.29 is 13.2 Å². The second kappa shape index (κ2) is 5.99. The molecule has 2 rings (SSSR count). The van der Waals surface area contributed by atoms with Gasteiger partial charge in [-0.05, 0) is 38.6 Å². The van der Waals surface area contributed by atoms with E-state index in [4.69, 9.17) is 15.6 Å². The molecule has 6 nitrogen and oxygen atoms in total. The van der Waals surface area contributed by atoms with Crippen molar-refractivity contribution in [1.82, 2.24) is 4.90 Å². The molecule has 0 bridgehead atoms. The topological polar surface area (TPSA) is 98.6 Å². The van der Waals surface area contributed by atoms with Crippen LogP contribution in [-0.4, -0.2) is 39.6 Å². The predicted octanol–water partition coefficient (Wildman–Crippen LogP) is 0.779.